The maximum absolute atomic E-state index is 13.0. The average molecular weight is 494 g/mol. The molecule has 0 heterocycles. The molecule has 152 valence electrons. The number of phenols is 2. The summed E-state index contributed by atoms with van der Waals surface area (Å²) in [6, 6.07) is 12.1. The van der Waals surface area contributed by atoms with Crippen molar-refractivity contribution in [1.29, 1.82) is 0 Å². The lowest BCUT2D eigenvalue weighted by molar-refractivity contribution is 0.428. The Balaban J connectivity index is 2.71. The van der Waals surface area contributed by atoms with E-state index in [-0.39, 0.29) is 31.2 Å². The van der Waals surface area contributed by atoms with Crippen molar-refractivity contribution in [3.63, 3.8) is 0 Å². The van der Waals surface area contributed by atoms with Gasteiger partial charge in [0.25, 0.3) is 10.1 Å². The van der Waals surface area contributed by atoms with E-state index in [0.29, 0.717) is 0 Å². The van der Waals surface area contributed by atoms with Crippen LogP contribution < -0.4 is 0 Å². The minimum Gasteiger partial charge on any atom is -0.506 e. The van der Waals surface area contributed by atoms with Crippen molar-refractivity contribution in [2.24, 2.45) is 0 Å². The van der Waals surface area contributed by atoms with Gasteiger partial charge in [-0.2, -0.15) is 8.42 Å². The standard InChI is InChI=1S/C19H12Cl4O5S/c20-12-6-2-1-4-10(12)19(29(26,27)28,11-5-3-7-14(22)17(11)24)16-13(21)8-9-15(23)18(16)25/h1-9,24-25H,(H,26,27,28). The number of phenolic OH excluding ortho intramolecular Hbond substituents is 2. The molecule has 0 fully saturated rings. The number of para-hydroxylation sites is 1. The molecule has 0 aliphatic rings. The van der Waals surface area contributed by atoms with Crippen LogP contribution in [0.1, 0.15) is 16.7 Å². The first-order valence-corrected chi connectivity index (χ1v) is 10.9. The van der Waals surface area contributed by atoms with Gasteiger partial charge in [0.05, 0.1) is 10.0 Å². The fourth-order valence-corrected chi connectivity index (χ4v) is 5.62. The van der Waals surface area contributed by atoms with Crippen molar-refractivity contribution in [3.8, 4) is 11.5 Å². The van der Waals surface area contributed by atoms with Crippen LogP contribution in [0.5, 0.6) is 11.5 Å². The monoisotopic (exact) mass is 492 g/mol. The van der Waals surface area contributed by atoms with Crippen LogP contribution in [0, 0.1) is 0 Å². The molecular weight excluding hydrogens is 482 g/mol. The highest BCUT2D eigenvalue weighted by atomic mass is 35.5. The SMILES string of the molecule is O=S(=O)(O)C(c1ccccc1Cl)(c1cccc(Cl)c1O)c1c(Cl)ccc(Cl)c1O. The molecule has 10 heteroatoms. The lowest BCUT2D eigenvalue weighted by Gasteiger charge is -2.34. The van der Waals surface area contributed by atoms with Crippen molar-refractivity contribution < 1.29 is 23.2 Å². The predicted molar refractivity (Wildman–Crippen MR) is 114 cm³/mol. The fourth-order valence-electron chi connectivity index (χ4n) is 3.24. The van der Waals surface area contributed by atoms with Gasteiger partial charge < -0.3 is 10.2 Å². The summed E-state index contributed by atoms with van der Waals surface area (Å²) in [5, 5.41) is 20.6. The van der Waals surface area contributed by atoms with E-state index in [2.05, 4.69) is 0 Å². The van der Waals surface area contributed by atoms with Crippen molar-refractivity contribution in [2.75, 3.05) is 0 Å². The fraction of sp³-hybridized carbons (Fsp3) is 0.0526. The van der Waals surface area contributed by atoms with E-state index < -0.39 is 31.9 Å². The Bertz CT molecular complexity index is 1210. The molecule has 0 aliphatic carbocycles. The molecule has 0 bridgehead atoms. The molecule has 3 rings (SSSR count). The molecule has 0 radical (unpaired) electrons. The Hall–Kier alpha value is -1.67. The van der Waals surface area contributed by atoms with Crippen LogP contribution in [0.3, 0.4) is 0 Å². The first kappa shape index (κ1) is 22.0. The second-order valence-electron chi connectivity index (χ2n) is 6.02. The summed E-state index contributed by atoms with van der Waals surface area (Å²) in [7, 11) is -5.22. The van der Waals surface area contributed by atoms with Gasteiger partial charge in [-0.05, 0) is 24.3 Å². The molecule has 3 N–H and O–H groups in total. The Kier molecular flexibility index (Phi) is 5.98. The minimum absolute atomic E-state index is 0.0834. The second kappa shape index (κ2) is 7.87. The van der Waals surface area contributed by atoms with Crippen LogP contribution >= 0.6 is 46.4 Å². The average Bonchev–Trinajstić information content (AvgIpc) is 2.64. The summed E-state index contributed by atoms with van der Waals surface area (Å²) >= 11 is 24.6. The molecule has 29 heavy (non-hydrogen) atoms. The minimum atomic E-state index is -5.22. The molecule has 3 aromatic carbocycles. The first-order chi connectivity index (χ1) is 13.5. The van der Waals surface area contributed by atoms with Crippen LogP contribution in [0.2, 0.25) is 20.1 Å². The van der Waals surface area contributed by atoms with E-state index >= 15 is 0 Å². The van der Waals surface area contributed by atoms with Crippen LogP contribution in [0.4, 0.5) is 0 Å². The van der Waals surface area contributed by atoms with Crippen LogP contribution in [-0.2, 0) is 14.9 Å². The molecule has 0 aromatic heterocycles. The number of hydrogen-bond donors (Lipinski definition) is 3. The molecule has 5 nitrogen and oxygen atoms in total. The normalized spacial score (nSPS) is 13.8. The number of rotatable bonds is 4. The topological polar surface area (TPSA) is 94.8 Å². The van der Waals surface area contributed by atoms with E-state index in [9.17, 15) is 23.2 Å². The zero-order valence-corrected chi connectivity index (χ0v) is 18.1. The lowest BCUT2D eigenvalue weighted by atomic mass is 9.82. The predicted octanol–water partition coefficient (Wildman–Crippen LogP) is 5.89. The van der Waals surface area contributed by atoms with Gasteiger partial charge in [-0.25, -0.2) is 0 Å². The number of aromatic hydroxyl groups is 2. The Morgan fingerprint density at radius 2 is 1.17 bits per heavy atom. The molecule has 0 amide bonds. The van der Waals surface area contributed by atoms with Gasteiger partial charge in [-0.1, -0.05) is 76.7 Å². The van der Waals surface area contributed by atoms with E-state index in [1.54, 1.807) is 0 Å². The lowest BCUT2D eigenvalue weighted by Crippen LogP contribution is -2.39. The van der Waals surface area contributed by atoms with Crippen molar-refractivity contribution >= 4 is 56.5 Å². The van der Waals surface area contributed by atoms with Crippen LogP contribution in [0.15, 0.2) is 54.6 Å². The van der Waals surface area contributed by atoms with E-state index in [4.69, 9.17) is 46.4 Å². The van der Waals surface area contributed by atoms with Gasteiger partial charge >= 0.3 is 0 Å². The molecule has 0 spiro atoms. The molecular formula is C19H12Cl4O5S. The van der Waals surface area contributed by atoms with Gasteiger partial charge in [0.1, 0.15) is 11.5 Å². The highest BCUT2D eigenvalue weighted by molar-refractivity contribution is 7.87. The second-order valence-corrected chi connectivity index (χ2v) is 9.22. The van der Waals surface area contributed by atoms with E-state index in [1.165, 1.54) is 54.6 Å². The summed E-state index contributed by atoms with van der Waals surface area (Å²) in [4.78, 5) is 0. The van der Waals surface area contributed by atoms with Gasteiger partial charge in [0.2, 0.25) is 0 Å². The molecule has 1 atom stereocenters. The summed E-state index contributed by atoms with van der Waals surface area (Å²) in [5.41, 5.74) is -1.04. The largest absolute Gasteiger partial charge is 0.506 e. The van der Waals surface area contributed by atoms with Gasteiger partial charge in [0, 0.05) is 26.7 Å². The van der Waals surface area contributed by atoms with E-state index in [1.807, 2.05) is 0 Å². The van der Waals surface area contributed by atoms with Gasteiger partial charge in [-0.3, -0.25) is 4.55 Å². The zero-order valence-electron chi connectivity index (χ0n) is 14.3. The highest BCUT2D eigenvalue weighted by Gasteiger charge is 2.54. The van der Waals surface area contributed by atoms with Crippen molar-refractivity contribution in [2.45, 2.75) is 4.75 Å². The smallest absolute Gasteiger partial charge is 0.283 e. The summed E-state index contributed by atoms with van der Waals surface area (Å²) < 4.78 is 33.9. The maximum atomic E-state index is 13.0. The number of hydrogen-bond acceptors (Lipinski definition) is 4. The number of benzene rings is 3. The van der Waals surface area contributed by atoms with Gasteiger partial charge in [0.15, 0.2) is 4.75 Å². The van der Waals surface area contributed by atoms with Gasteiger partial charge in [-0.15, -0.1) is 0 Å². The molecule has 0 saturated heterocycles. The highest BCUT2D eigenvalue weighted by Crippen LogP contribution is 2.55. The van der Waals surface area contributed by atoms with E-state index in [0.717, 1.165) is 0 Å². The third kappa shape index (κ3) is 3.44. The van der Waals surface area contributed by atoms with Crippen LogP contribution in [0.25, 0.3) is 0 Å². The number of halogens is 4. The van der Waals surface area contributed by atoms with Crippen LogP contribution in [-0.4, -0.2) is 23.2 Å². The third-order valence-electron chi connectivity index (χ3n) is 4.44. The Morgan fingerprint density at radius 3 is 1.79 bits per heavy atom. The Labute approximate surface area is 186 Å². The summed E-state index contributed by atoms with van der Waals surface area (Å²) in [6.45, 7) is 0. The Morgan fingerprint density at radius 1 is 0.655 bits per heavy atom. The maximum Gasteiger partial charge on any atom is 0.283 e. The first-order valence-electron chi connectivity index (χ1n) is 7.91. The third-order valence-corrected chi connectivity index (χ3v) is 7.11. The molecule has 0 saturated carbocycles. The van der Waals surface area contributed by atoms with Crippen molar-refractivity contribution in [1.82, 2.24) is 0 Å². The summed E-state index contributed by atoms with van der Waals surface area (Å²) in [5.74, 6) is -1.36. The quantitative estimate of drug-likeness (QED) is 0.311. The zero-order chi connectivity index (χ0) is 21.6. The molecule has 1 unspecified atom stereocenters. The molecule has 0 aliphatic heterocycles. The molecule has 3 aromatic rings. The summed E-state index contributed by atoms with van der Waals surface area (Å²) in [6.07, 6.45) is 0. The van der Waals surface area contributed by atoms with Crippen molar-refractivity contribution in [3.05, 3.63) is 91.4 Å².